The van der Waals surface area contributed by atoms with Gasteiger partial charge in [0.15, 0.2) is 0 Å². The molecule has 0 unspecified atom stereocenters. The summed E-state index contributed by atoms with van der Waals surface area (Å²) in [6.07, 6.45) is 0.473. The summed E-state index contributed by atoms with van der Waals surface area (Å²) < 4.78 is 0. The Morgan fingerprint density at radius 2 is 1.50 bits per heavy atom. The Morgan fingerprint density at radius 1 is 1.00 bits per heavy atom. The number of nitrogens with zero attached hydrogens (tertiary/aromatic N) is 2. The van der Waals surface area contributed by atoms with Crippen molar-refractivity contribution >= 4 is 11.5 Å². The van der Waals surface area contributed by atoms with Crippen molar-refractivity contribution in [2.45, 2.75) is 48.0 Å². The van der Waals surface area contributed by atoms with Crippen LogP contribution < -0.4 is 0 Å². The SMILES string of the molecule is CN(C)CCN=C(CC(=O)C(C)(C)C)C(C)(C)C. The van der Waals surface area contributed by atoms with E-state index in [-0.39, 0.29) is 16.6 Å². The lowest BCUT2D eigenvalue weighted by molar-refractivity contribution is -0.125. The lowest BCUT2D eigenvalue weighted by atomic mass is 9.81. The van der Waals surface area contributed by atoms with Crippen LogP contribution in [0.2, 0.25) is 0 Å². The Balaban J connectivity index is 4.77. The molecule has 0 spiro atoms. The van der Waals surface area contributed by atoms with Crippen molar-refractivity contribution in [1.29, 1.82) is 0 Å². The van der Waals surface area contributed by atoms with Gasteiger partial charge in [-0.05, 0) is 14.1 Å². The first-order valence-electron chi connectivity index (χ1n) is 6.66. The van der Waals surface area contributed by atoms with E-state index in [4.69, 9.17) is 0 Å². The molecule has 0 aromatic heterocycles. The summed E-state index contributed by atoms with van der Waals surface area (Å²) >= 11 is 0. The molecule has 0 aliphatic heterocycles. The second-order valence-electron chi connectivity index (χ2n) is 7.23. The molecule has 0 N–H and O–H groups in total. The maximum absolute atomic E-state index is 12.1. The molecule has 0 aromatic carbocycles. The molecule has 18 heavy (non-hydrogen) atoms. The summed E-state index contributed by atoms with van der Waals surface area (Å²) in [5.74, 6) is 0.265. The van der Waals surface area contributed by atoms with Gasteiger partial charge in [-0.2, -0.15) is 0 Å². The van der Waals surface area contributed by atoms with Crippen molar-refractivity contribution in [2.24, 2.45) is 15.8 Å². The smallest absolute Gasteiger partial charge is 0.143 e. The fourth-order valence-corrected chi connectivity index (χ4v) is 1.36. The van der Waals surface area contributed by atoms with Crippen LogP contribution in [0.1, 0.15) is 48.0 Å². The average Bonchev–Trinajstić information content (AvgIpc) is 2.12. The number of ketones is 1. The van der Waals surface area contributed by atoms with E-state index in [1.165, 1.54) is 0 Å². The maximum atomic E-state index is 12.1. The number of carbonyl (C=O) groups excluding carboxylic acids is 1. The van der Waals surface area contributed by atoms with Crippen LogP contribution in [0.4, 0.5) is 0 Å². The predicted octanol–water partition coefficient (Wildman–Crippen LogP) is 3.04. The Morgan fingerprint density at radius 3 is 1.83 bits per heavy atom. The van der Waals surface area contributed by atoms with Crippen molar-refractivity contribution in [3.63, 3.8) is 0 Å². The van der Waals surface area contributed by atoms with Gasteiger partial charge in [0, 0.05) is 29.5 Å². The fraction of sp³-hybridized carbons (Fsp3) is 0.867. The van der Waals surface area contributed by atoms with E-state index in [9.17, 15) is 4.79 Å². The fourth-order valence-electron chi connectivity index (χ4n) is 1.36. The van der Waals surface area contributed by atoms with Crippen LogP contribution in [0.15, 0.2) is 4.99 Å². The van der Waals surface area contributed by atoms with Crippen molar-refractivity contribution in [1.82, 2.24) is 4.90 Å². The molecule has 0 saturated heterocycles. The zero-order chi connectivity index (χ0) is 14.6. The highest BCUT2D eigenvalue weighted by Crippen LogP contribution is 2.24. The molecule has 0 bridgehead atoms. The average molecular weight is 254 g/mol. The Kier molecular flexibility index (Phi) is 6.21. The first-order chi connectivity index (χ1) is 7.94. The molecule has 0 radical (unpaired) electrons. The van der Waals surface area contributed by atoms with Gasteiger partial charge < -0.3 is 4.90 Å². The summed E-state index contributed by atoms with van der Waals surface area (Å²) in [4.78, 5) is 18.9. The van der Waals surface area contributed by atoms with Crippen molar-refractivity contribution in [3.05, 3.63) is 0 Å². The molecule has 0 aliphatic rings. The molecule has 0 amide bonds. The second-order valence-corrected chi connectivity index (χ2v) is 7.23. The lowest BCUT2D eigenvalue weighted by Crippen LogP contribution is -2.30. The number of Topliss-reactive ketones (excluding diaryl/α,β-unsaturated/α-hetero) is 1. The predicted molar refractivity (Wildman–Crippen MR) is 79.4 cm³/mol. The van der Waals surface area contributed by atoms with E-state index >= 15 is 0 Å². The standard InChI is InChI=1S/C15H30N2O/c1-14(2,3)12(16-9-10-17(7)8)11-13(18)15(4,5)6/h9-11H2,1-8H3. The molecule has 0 atom stereocenters. The van der Waals surface area contributed by atoms with Gasteiger partial charge in [0.25, 0.3) is 0 Å². The molecule has 0 heterocycles. The molecule has 3 nitrogen and oxygen atoms in total. The van der Waals surface area contributed by atoms with E-state index in [1.807, 2.05) is 34.9 Å². The van der Waals surface area contributed by atoms with Crippen molar-refractivity contribution in [3.8, 4) is 0 Å². The molecule has 0 saturated carbocycles. The van der Waals surface area contributed by atoms with Gasteiger partial charge in [0.1, 0.15) is 5.78 Å². The summed E-state index contributed by atoms with van der Waals surface area (Å²) in [7, 11) is 4.07. The largest absolute Gasteiger partial charge is 0.308 e. The topological polar surface area (TPSA) is 32.7 Å². The first-order valence-corrected chi connectivity index (χ1v) is 6.66. The van der Waals surface area contributed by atoms with Crippen LogP contribution >= 0.6 is 0 Å². The normalized spacial score (nSPS) is 14.2. The van der Waals surface area contributed by atoms with Crippen LogP contribution in [-0.4, -0.2) is 43.6 Å². The van der Waals surface area contributed by atoms with E-state index in [0.29, 0.717) is 6.42 Å². The number of hydrogen-bond donors (Lipinski definition) is 0. The molecule has 0 aliphatic carbocycles. The van der Waals surface area contributed by atoms with Crippen LogP contribution in [0.5, 0.6) is 0 Å². The van der Waals surface area contributed by atoms with E-state index < -0.39 is 0 Å². The number of rotatable bonds is 5. The molecule has 106 valence electrons. The van der Waals surface area contributed by atoms with Gasteiger partial charge in [-0.3, -0.25) is 9.79 Å². The Labute approximate surface area is 113 Å². The number of aliphatic imine (C=N–C) groups is 1. The quantitative estimate of drug-likeness (QED) is 0.706. The molecular weight excluding hydrogens is 224 g/mol. The second kappa shape index (κ2) is 6.46. The van der Waals surface area contributed by atoms with Gasteiger partial charge >= 0.3 is 0 Å². The monoisotopic (exact) mass is 254 g/mol. The lowest BCUT2D eigenvalue weighted by Gasteiger charge is -2.25. The number of likely N-dealkylation sites (N-methyl/N-ethyl adjacent to an activating group) is 1. The summed E-state index contributed by atoms with van der Waals surface area (Å²) in [5, 5.41) is 0. The third-order valence-electron chi connectivity index (χ3n) is 2.88. The molecule has 3 heteroatoms. The van der Waals surface area contributed by atoms with Crippen molar-refractivity contribution < 1.29 is 4.79 Å². The van der Waals surface area contributed by atoms with Crippen LogP contribution in [-0.2, 0) is 4.79 Å². The molecule has 0 aromatic rings. The molecule has 0 rings (SSSR count). The van der Waals surface area contributed by atoms with E-state index in [2.05, 4.69) is 30.7 Å². The summed E-state index contributed by atoms with van der Waals surface area (Å²) in [6.45, 7) is 14.0. The van der Waals surface area contributed by atoms with Gasteiger partial charge in [-0.15, -0.1) is 0 Å². The summed E-state index contributed by atoms with van der Waals surface area (Å²) in [5.41, 5.74) is 0.699. The Hall–Kier alpha value is -0.700. The Bertz CT molecular complexity index is 303. The molecule has 0 fully saturated rings. The van der Waals surface area contributed by atoms with E-state index in [0.717, 1.165) is 18.8 Å². The van der Waals surface area contributed by atoms with Crippen LogP contribution in [0, 0.1) is 10.8 Å². The summed E-state index contributed by atoms with van der Waals surface area (Å²) in [6, 6.07) is 0. The van der Waals surface area contributed by atoms with Gasteiger partial charge in [-0.1, -0.05) is 41.5 Å². The number of hydrogen-bond acceptors (Lipinski definition) is 3. The zero-order valence-corrected chi connectivity index (χ0v) is 13.4. The highest BCUT2D eigenvalue weighted by atomic mass is 16.1. The van der Waals surface area contributed by atoms with Crippen molar-refractivity contribution in [2.75, 3.05) is 27.2 Å². The van der Waals surface area contributed by atoms with Gasteiger partial charge in [-0.25, -0.2) is 0 Å². The van der Waals surface area contributed by atoms with Crippen LogP contribution in [0.25, 0.3) is 0 Å². The third-order valence-corrected chi connectivity index (χ3v) is 2.88. The first kappa shape index (κ1) is 17.3. The zero-order valence-electron chi connectivity index (χ0n) is 13.4. The van der Waals surface area contributed by atoms with Gasteiger partial charge in [0.05, 0.1) is 6.54 Å². The highest BCUT2D eigenvalue weighted by Gasteiger charge is 2.27. The maximum Gasteiger partial charge on any atom is 0.143 e. The minimum Gasteiger partial charge on any atom is -0.308 e. The number of carbonyl (C=O) groups is 1. The van der Waals surface area contributed by atoms with E-state index in [1.54, 1.807) is 0 Å². The highest BCUT2D eigenvalue weighted by molar-refractivity contribution is 6.06. The van der Waals surface area contributed by atoms with Gasteiger partial charge in [0.2, 0.25) is 0 Å². The van der Waals surface area contributed by atoms with Crippen LogP contribution in [0.3, 0.4) is 0 Å². The minimum atomic E-state index is -0.284. The third kappa shape index (κ3) is 6.90. The minimum absolute atomic E-state index is 0.0345. The molecular formula is C15H30N2O.